The van der Waals surface area contributed by atoms with Crippen LogP contribution in [-0.2, 0) is 14.3 Å². The minimum atomic E-state index is -0.699. The number of ether oxygens (including phenoxy) is 1. The molecule has 5 nitrogen and oxygen atoms in total. The number of halogens is 2. The van der Waals surface area contributed by atoms with Crippen LogP contribution in [0.1, 0.15) is 12.7 Å². The number of anilines is 1. The Morgan fingerprint density at radius 1 is 1.24 bits per heavy atom. The number of benzene rings is 1. The Kier molecular flexibility index (Phi) is 4.70. The van der Waals surface area contributed by atoms with E-state index < -0.39 is 11.8 Å². The zero-order valence-electron chi connectivity index (χ0n) is 13.4. The number of ketones is 1. The number of allylic oxidation sites excluding steroid dienone is 2. The molecule has 0 atom stereocenters. The quantitative estimate of drug-likeness (QED) is 0.448. The van der Waals surface area contributed by atoms with Crippen molar-refractivity contribution in [2.24, 2.45) is 0 Å². The van der Waals surface area contributed by atoms with Crippen LogP contribution in [0, 0.1) is 0 Å². The second-order valence-corrected chi connectivity index (χ2v) is 6.07. The van der Waals surface area contributed by atoms with Gasteiger partial charge in [-0.3, -0.25) is 4.79 Å². The van der Waals surface area contributed by atoms with Crippen LogP contribution in [0.2, 0.25) is 10.0 Å². The zero-order valence-corrected chi connectivity index (χ0v) is 14.9. The van der Waals surface area contributed by atoms with Crippen molar-refractivity contribution < 1.29 is 18.7 Å². The van der Waals surface area contributed by atoms with Gasteiger partial charge in [0.2, 0.25) is 5.78 Å². The van der Waals surface area contributed by atoms with Gasteiger partial charge in [0.05, 0.1) is 29.1 Å². The van der Waals surface area contributed by atoms with Gasteiger partial charge in [-0.1, -0.05) is 23.2 Å². The molecule has 25 heavy (non-hydrogen) atoms. The molecule has 0 fully saturated rings. The molecule has 2 heterocycles. The summed E-state index contributed by atoms with van der Waals surface area (Å²) in [7, 11) is 1.23. The first kappa shape index (κ1) is 17.3. The van der Waals surface area contributed by atoms with E-state index in [9.17, 15) is 9.59 Å². The van der Waals surface area contributed by atoms with Crippen molar-refractivity contribution in [2.75, 3.05) is 12.0 Å². The molecule has 1 aromatic carbocycles. The van der Waals surface area contributed by atoms with Gasteiger partial charge in [-0.15, -0.1) is 0 Å². The Morgan fingerprint density at radius 3 is 2.60 bits per heavy atom. The highest BCUT2D eigenvalue weighted by Crippen LogP contribution is 2.38. The van der Waals surface area contributed by atoms with E-state index in [-0.39, 0.29) is 11.3 Å². The highest BCUT2D eigenvalue weighted by Gasteiger charge is 2.38. The molecule has 128 valence electrons. The lowest BCUT2D eigenvalue weighted by molar-refractivity contribution is -0.137. The number of nitrogens with zero attached hydrogens (tertiary/aromatic N) is 1. The first-order chi connectivity index (χ1) is 11.9. The van der Waals surface area contributed by atoms with Crippen LogP contribution in [0.15, 0.2) is 58.0 Å². The molecule has 0 saturated heterocycles. The molecule has 0 unspecified atom stereocenters. The van der Waals surface area contributed by atoms with E-state index in [0.717, 1.165) is 0 Å². The van der Waals surface area contributed by atoms with Gasteiger partial charge in [0.1, 0.15) is 11.3 Å². The van der Waals surface area contributed by atoms with Crippen LogP contribution in [0.3, 0.4) is 0 Å². The second kappa shape index (κ2) is 6.78. The molecule has 0 spiro atoms. The fourth-order valence-corrected chi connectivity index (χ4v) is 2.92. The topological polar surface area (TPSA) is 59.8 Å². The number of hydrogen-bond donors (Lipinski definition) is 0. The van der Waals surface area contributed by atoms with E-state index in [1.165, 1.54) is 13.4 Å². The Balaban J connectivity index is 2.18. The minimum Gasteiger partial charge on any atom is -0.465 e. The zero-order chi connectivity index (χ0) is 18.1. The summed E-state index contributed by atoms with van der Waals surface area (Å²) in [5, 5.41) is 0.727. The first-order valence-electron chi connectivity index (χ1n) is 7.28. The summed E-state index contributed by atoms with van der Waals surface area (Å²) >= 11 is 12.1. The second-order valence-electron chi connectivity index (χ2n) is 5.26. The Morgan fingerprint density at radius 2 is 2.00 bits per heavy atom. The van der Waals surface area contributed by atoms with Crippen molar-refractivity contribution in [3.8, 4) is 0 Å². The lowest BCUT2D eigenvalue weighted by Crippen LogP contribution is -2.18. The van der Waals surface area contributed by atoms with E-state index >= 15 is 0 Å². The van der Waals surface area contributed by atoms with Crippen LogP contribution < -0.4 is 4.90 Å². The van der Waals surface area contributed by atoms with Crippen LogP contribution in [-0.4, -0.2) is 18.9 Å². The predicted octanol–water partition coefficient (Wildman–Crippen LogP) is 4.46. The number of hydrogen-bond acceptors (Lipinski definition) is 5. The summed E-state index contributed by atoms with van der Waals surface area (Å²) in [5.74, 6) is -0.672. The van der Waals surface area contributed by atoms with Crippen molar-refractivity contribution in [3.63, 3.8) is 0 Å². The van der Waals surface area contributed by atoms with Gasteiger partial charge in [-0.25, -0.2) is 4.79 Å². The Labute approximate surface area is 154 Å². The van der Waals surface area contributed by atoms with Crippen molar-refractivity contribution >= 4 is 46.7 Å². The summed E-state index contributed by atoms with van der Waals surface area (Å²) < 4.78 is 10.0. The first-order valence-corrected chi connectivity index (χ1v) is 8.04. The van der Waals surface area contributed by atoms with Crippen molar-refractivity contribution in [2.45, 2.75) is 6.92 Å². The lowest BCUT2D eigenvalue weighted by Gasteiger charge is -2.21. The van der Waals surface area contributed by atoms with Gasteiger partial charge in [0, 0.05) is 17.5 Å². The van der Waals surface area contributed by atoms with Gasteiger partial charge in [-0.05, 0) is 37.3 Å². The largest absolute Gasteiger partial charge is 0.465 e. The average molecular weight is 378 g/mol. The number of methoxy groups -OCH3 is 1. The van der Waals surface area contributed by atoms with Crippen molar-refractivity contribution in [3.05, 3.63) is 69.4 Å². The maximum absolute atomic E-state index is 12.8. The summed E-state index contributed by atoms with van der Waals surface area (Å²) in [5.41, 5.74) is 1.25. The van der Waals surface area contributed by atoms with E-state index in [4.69, 9.17) is 32.4 Å². The highest BCUT2D eigenvalue weighted by atomic mass is 35.5. The van der Waals surface area contributed by atoms with Crippen LogP contribution in [0.5, 0.6) is 0 Å². The third kappa shape index (κ3) is 3.08. The lowest BCUT2D eigenvalue weighted by atomic mass is 10.1. The molecule has 1 aliphatic heterocycles. The van der Waals surface area contributed by atoms with Gasteiger partial charge >= 0.3 is 5.97 Å². The third-order valence-electron chi connectivity index (χ3n) is 3.77. The van der Waals surface area contributed by atoms with E-state index in [1.54, 1.807) is 48.2 Å². The Hall–Kier alpha value is -2.50. The highest BCUT2D eigenvalue weighted by molar-refractivity contribution is 6.42. The average Bonchev–Trinajstić information content (AvgIpc) is 3.17. The fourth-order valence-electron chi connectivity index (χ4n) is 2.62. The standard InChI is InChI=1S/C18H13Cl2NO4/c1-10-16(18(23)24-2)17(22)15(9-12-4-3-7-25-12)21(10)11-5-6-13(19)14(20)8-11/h3-9H,1-2H3/b15-9-. The summed E-state index contributed by atoms with van der Waals surface area (Å²) in [4.78, 5) is 26.5. The normalized spacial score (nSPS) is 16.1. The monoisotopic (exact) mass is 377 g/mol. The van der Waals surface area contributed by atoms with Crippen molar-refractivity contribution in [1.29, 1.82) is 0 Å². The van der Waals surface area contributed by atoms with Crippen LogP contribution in [0.25, 0.3) is 6.08 Å². The molecule has 0 saturated carbocycles. The molecule has 2 aromatic rings. The number of carbonyl (C=O) groups is 2. The van der Waals surface area contributed by atoms with E-state index in [0.29, 0.717) is 27.2 Å². The maximum atomic E-state index is 12.8. The summed E-state index contributed by atoms with van der Waals surface area (Å²) in [6.07, 6.45) is 3.06. The molecule has 0 bridgehead atoms. The fraction of sp³-hybridized carbons (Fsp3) is 0.111. The number of esters is 1. The van der Waals surface area contributed by atoms with Gasteiger partial charge in [0.25, 0.3) is 0 Å². The molecule has 0 amide bonds. The number of rotatable bonds is 3. The number of Topliss-reactive ketones (excluding diaryl/α,β-unsaturated/α-hetero) is 1. The predicted molar refractivity (Wildman–Crippen MR) is 95.3 cm³/mol. The van der Waals surface area contributed by atoms with E-state index in [2.05, 4.69) is 0 Å². The molecular weight excluding hydrogens is 365 g/mol. The van der Waals surface area contributed by atoms with Crippen LogP contribution >= 0.6 is 23.2 Å². The number of carbonyl (C=O) groups excluding carboxylic acids is 2. The maximum Gasteiger partial charge on any atom is 0.343 e. The molecule has 1 aliphatic rings. The SMILES string of the molecule is COC(=O)C1=C(C)N(c2ccc(Cl)c(Cl)c2)/C(=C\c2ccco2)C1=O. The summed E-state index contributed by atoms with van der Waals surface area (Å²) in [6, 6.07) is 8.37. The smallest absolute Gasteiger partial charge is 0.343 e. The molecule has 7 heteroatoms. The van der Waals surface area contributed by atoms with E-state index in [1.807, 2.05) is 0 Å². The molecule has 3 rings (SSSR count). The minimum absolute atomic E-state index is 0.0358. The van der Waals surface area contributed by atoms with Crippen molar-refractivity contribution in [1.82, 2.24) is 0 Å². The van der Waals surface area contributed by atoms with Gasteiger partial charge < -0.3 is 14.1 Å². The molecular formula is C18H13Cl2NO4. The van der Waals surface area contributed by atoms with Gasteiger partial charge in [0.15, 0.2) is 0 Å². The number of furan rings is 1. The molecule has 0 N–H and O–H groups in total. The summed E-state index contributed by atoms with van der Waals surface area (Å²) in [6.45, 7) is 1.66. The van der Waals surface area contributed by atoms with Gasteiger partial charge in [-0.2, -0.15) is 0 Å². The molecule has 0 radical (unpaired) electrons. The molecule has 0 aliphatic carbocycles. The third-order valence-corrected chi connectivity index (χ3v) is 4.51. The van der Waals surface area contributed by atoms with Crippen LogP contribution in [0.4, 0.5) is 5.69 Å². The molecule has 1 aromatic heterocycles. The Bertz CT molecular complexity index is 913.